The summed E-state index contributed by atoms with van der Waals surface area (Å²) in [5.41, 5.74) is 3.87. The number of hydrogen-bond donors (Lipinski definition) is 1. The molecule has 1 amide bonds. The van der Waals surface area contributed by atoms with Crippen molar-refractivity contribution in [3.8, 4) is 0 Å². The molecule has 0 saturated heterocycles. The van der Waals surface area contributed by atoms with Crippen molar-refractivity contribution in [3.05, 3.63) is 64.7 Å². The Morgan fingerprint density at radius 1 is 1.12 bits per heavy atom. The Morgan fingerprint density at radius 3 is 2.46 bits per heavy atom. The fraction of sp³-hybridized carbons (Fsp3) is 0.278. The van der Waals surface area contributed by atoms with Gasteiger partial charge in [0.1, 0.15) is 0 Å². The molecule has 128 valence electrons. The molecule has 0 saturated carbocycles. The molecule has 2 aromatic carbocycles. The maximum absolute atomic E-state index is 12.4. The summed E-state index contributed by atoms with van der Waals surface area (Å²) < 4.78 is 24.6. The number of carbonyl (C=O) groups is 1. The molecule has 24 heavy (non-hydrogen) atoms. The molecule has 0 atom stereocenters. The fourth-order valence-electron chi connectivity index (χ4n) is 2.38. The molecule has 0 radical (unpaired) electrons. The molecule has 1 N–H and O–H groups in total. The molecular formula is C18H22N2O3S. The Bertz CT molecular complexity index is 860. The fourth-order valence-corrected chi connectivity index (χ4v) is 2.93. The lowest BCUT2D eigenvalue weighted by molar-refractivity contribution is 0.0951. The SMILES string of the molecule is Cc1cccc(CNC(=O)c2ccc(C)c(N(C)S(C)(=O)=O)c2)c1. The highest BCUT2D eigenvalue weighted by molar-refractivity contribution is 7.92. The van der Waals surface area contributed by atoms with Crippen LogP contribution in [0.4, 0.5) is 5.69 Å². The summed E-state index contributed by atoms with van der Waals surface area (Å²) in [5.74, 6) is -0.236. The predicted molar refractivity (Wildman–Crippen MR) is 96.8 cm³/mol. The first-order chi connectivity index (χ1) is 11.2. The van der Waals surface area contributed by atoms with E-state index in [1.165, 1.54) is 11.4 Å². The van der Waals surface area contributed by atoms with Gasteiger partial charge in [-0.15, -0.1) is 0 Å². The van der Waals surface area contributed by atoms with E-state index in [1.54, 1.807) is 18.2 Å². The molecule has 0 aliphatic rings. The molecule has 6 heteroatoms. The number of sulfonamides is 1. The van der Waals surface area contributed by atoms with Crippen molar-refractivity contribution >= 4 is 21.6 Å². The van der Waals surface area contributed by atoms with E-state index >= 15 is 0 Å². The number of aryl methyl sites for hydroxylation is 2. The van der Waals surface area contributed by atoms with Crippen LogP contribution >= 0.6 is 0 Å². The third-order valence-electron chi connectivity index (χ3n) is 3.84. The second-order valence-corrected chi connectivity index (χ2v) is 7.92. The van der Waals surface area contributed by atoms with Gasteiger partial charge in [-0.3, -0.25) is 9.10 Å². The highest BCUT2D eigenvalue weighted by atomic mass is 32.2. The molecule has 5 nitrogen and oxygen atoms in total. The smallest absolute Gasteiger partial charge is 0.251 e. The number of anilines is 1. The largest absolute Gasteiger partial charge is 0.348 e. The Balaban J connectivity index is 2.18. The Labute approximate surface area is 143 Å². The molecular weight excluding hydrogens is 324 g/mol. The predicted octanol–water partition coefficient (Wildman–Crippen LogP) is 2.63. The van der Waals surface area contributed by atoms with Gasteiger partial charge in [0.15, 0.2) is 0 Å². The van der Waals surface area contributed by atoms with E-state index < -0.39 is 10.0 Å². The van der Waals surface area contributed by atoms with Gasteiger partial charge in [0.05, 0.1) is 11.9 Å². The normalized spacial score (nSPS) is 11.2. The van der Waals surface area contributed by atoms with Gasteiger partial charge in [-0.25, -0.2) is 8.42 Å². The number of benzene rings is 2. The maximum Gasteiger partial charge on any atom is 0.251 e. The summed E-state index contributed by atoms with van der Waals surface area (Å²) in [6.07, 6.45) is 1.14. The average molecular weight is 346 g/mol. The molecule has 0 aromatic heterocycles. The molecule has 0 unspecified atom stereocenters. The number of carbonyl (C=O) groups excluding carboxylic acids is 1. The standard InChI is InChI=1S/C18H22N2O3S/c1-13-6-5-7-15(10-13)12-19-18(21)16-9-8-14(2)17(11-16)20(3)24(4,22)23/h5-11H,12H2,1-4H3,(H,19,21). The van der Waals surface area contributed by atoms with Gasteiger partial charge in [-0.2, -0.15) is 0 Å². The van der Waals surface area contributed by atoms with Crippen LogP contribution in [-0.4, -0.2) is 27.6 Å². The zero-order chi connectivity index (χ0) is 17.9. The van der Waals surface area contributed by atoms with Crippen molar-refractivity contribution in [3.63, 3.8) is 0 Å². The molecule has 0 heterocycles. The molecule has 0 aliphatic heterocycles. The molecule has 0 spiro atoms. The van der Waals surface area contributed by atoms with Crippen molar-refractivity contribution in [2.24, 2.45) is 0 Å². The molecule has 0 bridgehead atoms. The van der Waals surface area contributed by atoms with Gasteiger partial charge in [0, 0.05) is 19.2 Å². The monoisotopic (exact) mass is 346 g/mol. The maximum atomic E-state index is 12.4. The van der Waals surface area contributed by atoms with Gasteiger partial charge in [-0.05, 0) is 37.1 Å². The lowest BCUT2D eigenvalue weighted by Crippen LogP contribution is -2.27. The minimum atomic E-state index is -3.38. The highest BCUT2D eigenvalue weighted by Gasteiger charge is 2.16. The Kier molecular flexibility index (Phi) is 5.29. The van der Waals surface area contributed by atoms with Gasteiger partial charge >= 0.3 is 0 Å². The second kappa shape index (κ2) is 7.05. The first-order valence-corrected chi connectivity index (χ1v) is 9.41. The van der Waals surface area contributed by atoms with E-state index in [9.17, 15) is 13.2 Å². The van der Waals surface area contributed by atoms with E-state index in [2.05, 4.69) is 5.32 Å². The number of rotatable bonds is 5. The molecule has 2 rings (SSSR count). The number of hydrogen-bond acceptors (Lipinski definition) is 3. The average Bonchev–Trinajstić information content (AvgIpc) is 2.51. The van der Waals surface area contributed by atoms with Gasteiger partial charge in [0.25, 0.3) is 5.91 Å². The van der Waals surface area contributed by atoms with E-state index in [0.29, 0.717) is 17.8 Å². The highest BCUT2D eigenvalue weighted by Crippen LogP contribution is 2.22. The van der Waals surface area contributed by atoms with Crippen molar-refractivity contribution in [1.82, 2.24) is 5.32 Å². The van der Waals surface area contributed by atoms with Crippen LogP contribution in [0.25, 0.3) is 0 Å². The number of nitrogens with zero attached hydrogens (tertiary/aromatic N) is 1. The minimum Gasteiger partial charge on any atom is -0.348 e. The van der Waals surface area contributed by atoms with Gasteiger partial charge in [-0.1, -0.05) is 35.9 Å². The van der Waals surface area contributed by atoms with E-state index in [0.717, 1.165) is 22.9 Å². The first-order valence-electron chi connectivity index (χ1n) is 7.57. The molecule has 2 aromatic rings. The summed E-state index contributed by atoms with van der Waals surface area (Å²) in [4.78, 5) is 12.4. The lowest BCUT2D eigenvalue weighted by atomic mass is 10.1. The van der Waals surface area contributed by atoms with Crippen molar-refractivity contribution in [1.29, 1.82) is 0 Å². The van der Waals surface area contributed by atoms with Crippen LogP contribution < -0.4 is 9.62 Å². The summed E-state index contributed by atoms with van der Waals surface area (Å²) >= 11 is 0. The van der Waals surface area contributed by atoms with Crippen LogP contribution in [0.15, 0.2) is 42.5 Å². The van der Waals surface area contributed by atoms with Crippen LogP contribution in [0.1, 0.15) is 27.0 Å². The topological polar surface area (TPSA) is 66.5 Å². The van der Waals surface area contributed by atoms with E-state index in [-0.39, 0.29) is 5.91 Å². The third-order valence-corrected chi connectivity index (χ3v) is 5.04. The summed E-state index contributed by atoms with van der Waals surface area (Å²) in [6.45, 7) is 4.23. The van der Waals surface area contributed by atoms with Crippen LogP contribution in [-0.2, 0) is 16.6 Å². The molecule has 0 aliphatic carbocycles. The Hall–Kier alpha value is -2.34. The quantitative estimate of drug-likeness (QED) is 0.905. The van der Waals surface area contributed by atoms with Crippen molar-refractivity contribution in [2.75, 3.05) is 17.6 Å². The van der Waals surface area contributed by atoms with Crippen molar-refractivity contribution < 1.29 is 13.2 Å². The zero-order valence-electron chi connectivity index (χ0n) is 14.3. The minimum absolute atomic E-state index is 0.236. The summed E-state index contributed by atoms with van der Waals surface area (Å²) in [6, 6.07) is 12.9. The third kappa shape index (κ3) is 4.35. The number of amides is 1. The van der Waals surface area contributed by atoms with Crippen LogP contribution in [0.2, 0.25) is 0 Å². The van der Waals surface area contributed by atoms with Crippen LogP contribution in [0.5, 0.6) is 0 Å². The van der Waals surface area contributed by atoms with Crippen LogP contribution in [0.3, 0.4) is 0 Å². The van der Waals surface area contributed by atoms with Gasteiger partial charge < -0.3 is 5.32 Å². The van der Waals surface area contributed by atoms with E-state index in [4.69, 9.17) is 0 Å². The van der Waals surface area contributed by atoms with Gasteiger partial charge in [0.2, 0.25) is 10.0 Å². The van der Waals surface area contributed by atoms with E-state index in [1.807, 2.05) is 38.1 Å². The lowest BCUT2D eigenvalue weighted by Gasteiger charge is -2.19. The first kappa shape index (κ1) is 18.0. The Morgan fingerprint density at radius 2 is 1.83 bits per heavy atom. The van der Waals surface area contributed by atoms with Crippen molar-refractivity contribution in [2.45, 2.75) is 20.4 Å². The summed E-state index contributed by atoms with van der Waals surface area (Å²) in [5, 5.41) is 2.86. The van der Waals surface area contributed by atoms with Crippen LogP contribution in [0, 0.1) is 13.8 Å². The second-order valence-electron chi connectivity index (χ2n) is 5.90. The molecule has 0 fully saturated rings. The zero-order valence-corrected chi connectivity index (χ0v) is 15.1. The number of nitrogens with one attached hydrogen (secondary N) is 1. The summed E-state index contributed by atoms with van der Waals surface area (Å²) in [7, 11) is -1.90.